The van der Waals surface area contributed by atoms with Crippen LogP contribution < -0.4 is 27.0 Å². The molecule has 9 heteroatoms. The zero-order valence-corrected chi connectivity index (χ0v) is 49.0. The molecule has 0 fully saturated rings. The van der Waals surface area contributed by atoms with Crippen molar-refractivity contribution in [2.75, 3.05) is 5.32 Å². The number of H-pyrrole nitrogens is 5. The van der Waals surface area contributed by atoms with Crippen molar-refractivity contribution in [3.05, 3.63) is 285 Å². The SMILES string of the molecule is O=C1Nc2c(ccc3ccccc23)C2C1=c1[nH]c3cc(-c4ccc5c(c4)c4c6ccccc6[nH]c(=O)c4c4c5[nH]c5ccc6ccccc6c54)ccc3c1=C1C=CC(c3cccc(-c4ccc5[nH]c6c7c(=O)[nH]c8ccccc8c7c7ccccc7c6c5c4)c3)=CC12. The molecule has 0 spiro atoms. The first kappa shape index (κ1) is 49.6. The van der Waals surface area contributed by atoms with Gasteiger partial charge in [-0.2, -0.15) is 0 Å². The van der Waals surface area contributed by atoms with Crippen LogP contribution in [0, 0.1) is 5.92 Å². The highest BCUT2D eigenvalue weighted by atomic mass is 16.2. The molecule has 92 heavy (non-hydrogen) atoms. The molecule has 3 aliphatic rings. The van der Waals surface area contributed by atoms with Crippen LogP contribution in [0.25, 0.3) is 180 Å². The number of aromatic nitrogens is 5. The van der Waals surface area contributed by atoms with E-state index in [0.717, 1.165) is 197 Å². The van der Waals surface area contributed by atoms with Crippen LogP contribution in [0.2, 0.25) is 0 Å². The monoisotopic (exact) mass is 1180 g/mol. The van der Waals surface area contributed by atoms with Crippen LogP contribution in [0.4, 0.5) is 5.69 Å². The van der Waals surface area contributed by atoms with Gasteiger partial charge < -0.3 is 30.2 Å². The Morgan fingerprint density at radius 3 is 1.71 bits per heavy atom. The molecule has 2 aliphatic carbocycles. The summed E-state index contributed by atoms with van der Waals surface area (Å²) in [6.07, 6.45) is 6.94. The van der Waals surface area contributed by atoms with Gasteiger partial charge in [0.1, 0.15) is 0 Å². The van der Waals surface area contributed by atoms with Crippen molar-refractivity contribution in [1.29, 1.82) is 0 Å². The molecule has 18 aromatic rings. The summed E-state index contributed by atoms with van der Waals surface area (Å²) in [5, 5.41) is 24.1. The zero-order chi connectivity index (χ0) is 60.4. The third kappa shape index (κ3) is 6.62. The topological polar surface area (TPSA) is 142 Å². The maximum Gasteiger partial charge on any atom is 0.258 e. The normalized spacial score (nSPS) is 15.6. The Morgan fingerprint density at radius 1 is 0.326 bits per heavy atom. The molecule has 6 heterocycles. The Bertz CT molecular complexity index is 6890. The summed E-state index contributed by atoms with van der Waals surface area (Å²) in [7, 11) is 0. The molecule has 0 bridgehead atoms. The predicted molar refractivity (Wildman–Crippen MR) is 380 cm³/mol. The maximum absolute atomic E-state index is 15.3. The lowest BCUT2D eigenvalue weighted by Gasteiger charge is -2.37. The zero-order valence-electron chi connectivity index (χ0n) is 49.0. The van der Waals surface area contributed by atoms with Crippen LogP contribution in [0.15, 0.2) is 252 Å². The van der Waals surface area contributed by atoms with Gasteiger partial charge in [-0.05, 0) is 125 Å². The molecule has 428 valence electrons. The second-order valence-corrected chi connectivity index (χ2v) is 25.3. The van der Waals surface area contributed by atoms with Gasteiger partial charge in [0.2, 0.25) is 0 Å². The third-order valence-electron chi connectivity index (χ3n) is 20.7. The third-order valence-corrected chi connectivity index (χ3v) is 20.7. The van der Waals surface area contributed by atoms with E-state index in [1.165, 1.54) is 0 Å². The van der Waals surface area contributed by atoms with Gasteiger partial charge in [0, 0.05) is 109 Å². The smallest absolute Gasteiger partial charge is 0.258 e. The van der Waals surface area contributed by atoms with Gasteiger partial charge in [0.15, 0.2) is 0 Å². The number of aromatic amines is 5. The summed E-state index contributed by atoms with van der Waals surface area (Å²) in [6, 6.07) is 78.6. The molecule has 1 aliphatic heterocycles. The number of rotatable bonds is 3. The molecule has 0 saturated heterocycles. The maximum atomic E-state index is 15.3. The Balaban J connectivity index is 0.733. The van der Waals surface area contributed by atoms with E-state index in [0.29, 0.717) is 10.8 Å². The number of para-hydroxylation sites is 2. The number of allylic oxidation sites excluding steroid dienone is 4. The van der Waals surface area contributed by atoms with E-state index in [9.17, 15) is 9.59 Å². The van der Waals surface area contributed by atoms with Crippen LogP contribution in [0.1, 0.15) is 17.0 Å². The number of amides is 1. The molecular weight excluding hydrogens is 1130 g/mol. The number of hydrogen-bond donors (Lipinski definition) is 6. The molecule has 5 aromatic heterocycles. The fourth-order valence-corrected chi connectivity index (χ4v) is 16.8. The van der Waals surface area contributed by atoms with E-state index in [4.69, 9.17) is 0 Å². The number of pyridine rings is 2. The second-order valence-electron chi connectivity index (χ2n) is 25.3. The molecule has 0 radical (unpaired) electrons. The minimum Gasteiger partial charge on any atom is -0.354 e. The molecule has 2 atom stereocenters. The van der Waals surface area contributed by atoms with Crippen molar-refractivity contribution in [2.24, 2.45) is 5.92 Å². The van der Waals surface area contributed by atoms with Gasteiger partial charge >= 0.3 is 0 Å². The first-order chi connectivity index (χ1) is 45.3. The Hall–Kier alpha value is -12.3. The predicted octanol–water partition coefficient (Wildman–Crippen LogP) is 17.7. The Morgan fingerprint density at radius 2 is 0.913 bits per heavy atom. The minimum atomic E-state index is -0.298. The molecule has 1 amide bonds. The highest BCUT2D eigenvalue weighted by molar-refractivity contribution is 6.39. The van der Waals surface area contributed by atoms with Crippen LogP contribution in [0.3, 0.4) is 0 Å². The lowest BCUT2D eigenvalue weighted by atomic mass is 9.68. The minimum absolute atomic E-state index is 0.108. The van der Waals surface area contributed by atoms with E-state index in [2.05, 4.69) is 224 Å². The molecular formula is C83H48N6O3. The fraction of sp³-hybridized carbons (Fsp3) is 0.0241. The van der Waals surface area contributed by atoms with Crippen molar-refractivity contribution in [3.8, 4) is 22.3 Å². The van der Waals surface area contributed by atoms with Crippen molar-refractivity contribution >= 4 is 169 Å². The number of carbonyl (C=O) groups excluding carboxylic acids is 1. The summed E-state index contributed by atoms with van der Waals surface area (Å²) in [5.74, 6) is -0.597. The summed E-state index contributed by atoms with van der Waals surface area (Å²) < 4.78 is 0. The fourth-order valence-electron chi connectivity index (χ4n) is 16.8. The van der Waals surface area contributed by atoms with Crippen LogP contribution in [-0.2, 0) is 4.79 Å². The van der Waals surface area contributed by atoms with Gasteiger partial charge in [-0.3, -0.25) is 14.4 Å². The average Bonchev–Trinajstić information content (AvgIpc) is 1.42. The molecule has 0 saturated carbocycles. The summed E-state index contributed by atoms with van der Waals surface area (Å²) in [6.45, 7) is 0. The van der Waals surface area contributed by atoms with E-state index in [1.54, 1.807) is 0 Å². The number of fused-ring (bicyclic) bond motifs is 32. The van der Waals surface area contributed by atoms with E-state index < -0.39 is 0 Å². The van der Waals surface area contributed by atoms with E-state index in [1.807, 2.05) is 48.5 Å². The molecule has 21 rings (SSSR count). The number of benzene rings is 13. The lowest BCUT2D eigenvalue weighted by Crippen LogP contribution is -2.44. The largest absolute Gasteiger partial charge is 0.354 e. The van der Waals surface area contributed by atoms with Gasteiger partial charge in [0.25, 0.3) is 17.0 Å². The highest BCUT2D eigenvalue weighted by Crippen LogP contribution is 2.51. The number of nitrogens with one attached hydrogen (secondary N) is 6. The molecule has 6 N–H and O–H groups in total. The van der Waals surface area contributed by atoms with Crippen LogP contribution >= 0.6 is 0 Å². The van der Waals surface area contributed by atoms with Crippen molar-refractivity contribution in [3.63, 3.8) is 0 Å². The first-order valence-electron chi connectivity index (χ1n) is 31.3. The quantitative estimate of drug-likeness (QED) is 0.0981. The number of anilines is 1. The summed E-state index contributed by atoms with van der Waals surface area (Å²) in [4.78, 5) is 61.8. The molecule has 13 aromatic carbocycles. The first-order valence-corrected chi connectivity index (χ1v) is 31.3. The van der Waals surface area contributed by atoms with Gasteiger partial charge in [-0.15, -0.1) is 0 Å². The Labute approximate surface area is 520 Å². The lowest BCUT2D eigenvalue weighted by molar-refractivity contribution is -0.111. The van der Waals surface area contributed by atoms with Gasteiger partial charge in [-0.1, -0.05) is 194 Å². The number of hydrogen-bond acceptors (Lipinski definition) is 3. The van der Waals surface area contributed by atoms with Gasteiger partial charge in [-0.25, -0.2) is 0 Å². The van der Waals surface area contributed by atoms with Crippen molar-refractivity contribution < 1.29 is 4.79 Å². The van der Waals surface area contributed by atoms with Crippen molar-refractivity contribution in [2.45, 2.75) is 5.92 Å². The van der Waals surface area contributed by atoms with E-state index >= 15 is 4.79 Å². The molecule has 9 nitrogen and oxygen atoms in total. The highest BCUT2D eigenvalue weighted by Gasteiger charge is 2.42. The van der Waals surface area contributed by atoms with Crippen LogP contribution in [-0.4, -0.2) is 30.8 Å². The summed E-state index contributed by atoms with van der Waals surface area (Å²) >= 11 is 0. The standard InChI is InChI=1S/C83H48N6O3/c90-81-74-68(56-21-8-10-23-63(56)87-81)60-38-46(26-31-54(60)78-73(74)72-49-16-3-1-12-41(49)28-35-65(72)85-78)48-27-32-57-66(40-48)86-79-70(57)53-30-25-45(37-59(53)69-58-33-24-42-13-2-4-17-50(42)77(58)89-83(92)76(69)79)43-14-11-15-44(36-43)47-29-34-64-61(39-47)71-52-19-6-5-18-51(52)67-55-20-7-9-22-62(55)88-82(91)75(67)80(71)84-64/h1-40,59,69,84-86H,(H,87,90)(H,88,91)(H,89,92). The Kier molecular flexibility index (Phi) is 9.68. The van der Waals surface area contributed by atoms with Gasteiger partial charge in [0.05, 0.1) is 32.8 Å². The number of carbonyl (C=O) groups is 1. The van der Waals surface area contributed by atoms with Crippen LogP contribution in [0.5, 0.6) is 0 Å². The molecule has 2 unspecified atom stereocenters. The second kappa shape index (κ2) is 17.9. The van der Waals surface area contributed by atoms with Crippen molar-refractivity contribution in [1.82, 2.24) is 24.9 Å². The van der Waals surface area contributed by atoms with E-state index in [-0.39, 0.29) is 28.9 Å². The summed E-state index contributed by atoms with van der Waals surface area (Å²) in [5.41, 5.74) is 16.1. The average molecular weight is 1180 g/mol.